The molecule has 2 aromatic rings. The standard InChI is InChI=1S/C20H21N3O2S/c1-13(24)15-5-7-17(8-6-15)21-20(26)22-10-14-9-16(12-22)18-3-2-4-19(25)23(18)11-14/h2-8,14,16H,9-12H2,1H3,(H,21,26)/t14-,16+/m0/s1. The molecule has 0 spiro atoms. The third-order valence-corrected chi connectivity index (χ3v) is 5.67. The van der Waals surface area contributed by atoms with Crippen molar-refractivity contribution in [3.63, 3.8) is 0 Å². The zero-order valence-electron chi connectivity index (χ0n) is 14.6. The quantitative estimate of drug-likeness (QED) is 0.653. The first-order chi connectivity index (χ1) is 12.5. The summed E-state index contributed by atoms with van der Waals surface area (Å²) in [7, 11) is 0. The molecule has 2 atom stereocenters. The Morgan fingerprint density at radius 2 is 1.88 bits per heavy atom. The molecular formula is C20H21N3O2S. The van der Waals surface area contributed by atoms with Crippen molar-refractivity contribution in [1.29, 1.82) is 0 Å². The number of hydrogen-bond acceptors (Lipinski definition) is 3. The van der Waals surface area contributed by atoms with Crippen LogP contribution in [0.5, 0.6) is 0 Å². The van der Waals surface area contributed by atoms with E-state index in [4.69, 9.17) is 12.2 Å². The number of piperidine rings is 1. The number of Topliss-reactive ketones (excluding diaryl/α,β-unsaturated/α-hetero) is 1. The van der Waals surface area contributed by atoms with E-state index in [1.807, 2.05) is 22.8 Å². The van der Waals surface area contributed by atoms with E-state index in [0.29, 0.717) is 22.5 Å². The van der Waals surface area contributed by atoms with E-state index in [1.165, 1.54) is 0 Å². The minimum absolute atomic E-state index is 0.0527. The molecule has 2 bridgehead atoms. The lowest BCUT2D eigenvalue weighted by Crippen LogP contribution is -2.50. The molecule has 1 fully saturated rings. The number of benzene rings is 1. The van der Waals surface area contributed by atoms with Gasteiger partial charge in [-0.05, 0) is 61.8 Å². The van der Waals surface area contributed by atoms with Crippen LogP contribution in [0.25, 0.3) is 0 Å². The second kappa shape index (κ2) is 6.68. The first-order valence-corrected chi connectivity index (χ1v) is 9.29. The van der Waals surface area contributed by atoms with Gasteiger partial charge in [-0.25, -0.2) is 0 Å². The number of anilines is 1. The Labute approximate surface area is 157 Å². The Morgan fingerprint density at radius 3 is 2.62 bits per heavy atom. The average Bonchev–Trinajstić information content (AvgIpc) is 2.63. The van der Waals surface area contributed by atoms with Crippen LogP contribution >= 0.6 is 12.2 Å². The Hall–Kier alpha value is -2.47. The molecule has 1 aromatic carbocycles. The van der Waals surface area contributed by atoms with Crippen molar-refractivity contribution in [3.05, 3.63) is 64.1 Å². The molecular weight excluding hydrogens is 346 g/mol. The fourth-order valence-electron chi connectivity index (χ4n) is 4.05. The zero-order chi connectivity index (χ0) is 18.3. The molecule has 0 amide bonds. The van der Waals surface area contributed by atoms with Crippen LogP contribution in [0.3, 0.4) is 0 Å². The molecule has 1 N–H and O–H groups in total. The molecule has 134 valence electrons. The van der Waals surface area contributed by atoms with Gasteiger partial charge in [0, 0.05) is 48.6 Å². The van der Waals surface area contributed by atoms with Crippen LogP contribution in [0.4, 0.5) is 5.69 Å². The van der Waals surface area contributed by atoms with E-state index in [9.17, 15) is 9.59 Å². The Balaban J connectivity index is 1.49. The number of fused-ring (bicyclic) bond motifs is 4. The second-order valence-electron chi connectivity index (χ2n) is 7.17. The lowest BCUT2D eigenvalue weighted by atomic mass is 9.83. The second-order valence-corrected chi connectivity index (χ2v) is 7.55. The van der Waals surface area contributed by atoms with Gasteiger partial charge in [0.05, 0.1) is 0 Å². The number of ketones is 1. The summed E-state index contributed by atoms with van der Waals surface area (Å²) in [4.78, 5) is 25.7. The summed E-state index contributed by atoms with van der Waals surface area (Å²) < 4.78 is 1.92. The smallest absolute Gasteiger partial charge is 0.250 e. The Bertz CT molecular complexity index is 919. The van der Waals surface area contributed by atoms with E-state index in [-0.39, 0.29) is 11.3 Å². The summed E-state index contributed by atoms with van der Waals surface area (Å²) in [5, 5.41) is 3.98. The number of nitrogens with one attached hydrogen (secondary N) is 1. The van der Waals surface area contributed by atoms with Crippen molar-refractivity contribution in [3.8, 4) is 0 Å². The lowest BCUT2D eigenvalue weighted by Gasteiger charge is -2.43. The summed E-state index contributed by atoms with van der Waals surface area (Å²) in [6.07, 6.45) is 1.11. The number of rotatable bonds is 2. The van der Waals surface area contributed by atoms with Crippen LogP contribution in [0.15, 0.2) is 47.3 Å². The predicted molar refractivity (Wildman–Crippen MR) is 106 cm³/mol. The van der Waals surface area contributed by atoms with E-state index in [1.54, 1.807) is 25.1 Å². The van der Waals surface area contributed by atoms with Crippen molar-refractivity contribution >= 4 is 28.8 Å². The van der Waals surface area contributed by atoms with Crippen LogP contribution in [0.1, 0.15) is 35.3 Å². The van der Waals surface area contributed by atoms with Crippen molar-refractivity contribution in [1.82, 2.24) is 9.47 Å². The maximum Gasteiger partial charge on any atom is 0.250 e. The largest absolute Gasteiger partial charge is 0.348 e. The summed E-state index contributed by atoms with van der Waals surface area (Å²) in [5.41, 5.74) is 2.78. The highest BCUT2D eigenvalue weighted by Gasteiger charge is 2.35. The molecule has 3 heterocycles. The Kier molecular flexibility index (Phi) is 4.36. The highest BCUT2D eigenvalue weighted by atomic mass is 32.1. The SMILES string of the molecule is CC(=O)c1ccc(NC(=S)N2C[C@@H]3C[C@H](C2)c2cccc(=O)n2C3)cc1. The molecule has 26 heavy (non-hydrogen) atoms. The third-order valence-electron chi connectivity index (χ3n) is 5.31. The lowest BCUT2D eigenvalue weighted by molar-refractivity contribution is 0.101. The zero-order valence-corrected chi connectivity index (χ0v) is 15.5. The van der Waals surface area contributed by atoms with E-state index in [2.05, 4.69) is 16.3 Å². The highest BCUT2D eigenvalue weighted by Crippen LogP contribution is 2.35. The highest BCUT2D eigenvalue weighted by molar-refractivity contribution is 7.80. The molecule has 0 aliphatic carbocycles. The van der Waals surface area contributed by atoms with Gasteiger partial charge in [0.1, 0.15) is 0 Å². The van der Waals surface area contributed by atoms with Gasteiger partial charge in [0.2, 0.25) is 0 Å². The molecule has 0 saturated carbocycles. The number of pyridine rings is 1. The van der Waals surface area contributed by atoms with Crippen LogP contribution in [-0.2, 0) is 6.54 Å². The third kappa shape index (κ3) is 3.17. The topological polar surface area (TPSA) is 54.3 Å². The average molecular weight is 367 g/mol. The summed E-state index contributed by atoms with van der Waals surface area (Å²) >= 11 is 5.62. The van der Waals surface area contributed by atoms with E-state index < -0.39 is 0 Å². The first kappa shape index (κ1) is 17.0. The maximum atomic E-state index is 12.1. The number of carbonyl (C=O) groups excluding carboxylic acids is 1. The van der Waals surface area contributed by atoms with Gasteiger partial charge in [0.15, 0.2) is 10.9 Å². The van der Waals surface area contributed by atoms with E-state index >= 15 is 0 Å². The summed E-state index contributed by atoms with van der Waals surface area (Å²) in [5.74, 6) is 0.814. The fourth-order valence-corrected chi connectivity index (χ4v) is 4.32. The van der Waals surface area contributed by atoms with Gasteiger partial charge in [-0.2, -0.15) is 0 Å². The van der Waals surface area contributed by atoms with Crippen molar-refractivity contribution < 1.29 is 4.79 Å². The maximum absolute atomic E-state index is 12.1. The minimum atomic E-state index is 0.0527. The van der Waals surface area contributed by atoms with Crippen LogP contribution in [0.2, 0.25) is 0 Å². The first-order valence-electron chi connectivity index (χ1n) is 8.88. The molecule has 6 heteroatoms. The van der Waals surface area contributed by atoms with Gasteiger partial charge in [-0.1, -0.05) is 6.07 Å². The molecule has 2 aliphatic rings. The van der Waals surface area contributed by atoms with Gasteiger partial charge in [0.25, 0.3) is 5.56 Å². The van der Waals surface area contributed by atoms with Crippen LogP contribution in [0, 0.1) is 5.92 Å². The van der Waals surface area contributed by atoms with Crippen molar-refractivity contribution in [2.45, 2.75) is 25.8 Å². The number of likely N-dealkylation sites (tertiary alicyclic amines) is 1. The number of nitrogens with zero attached hydrogens (tertiary/aromatic N) is 2. The number of thiocarbonyl (C=S) groups is 1. The summed E-state index contributed by atoms with van der Waals surface area (Å²) in [6.45, 7) is 3.99. The van der Waals surface area contributed by atoms with Crippen molar-refractivity contribution in [2.75, 3.05) is 18.4 Å². The summed E-state index contributed by atoms with van der Waals surface area (Å²) in [6, 6.07) is 12.9. The van der Waals surface area contributed by atoms with Crippen molar-refractivity contribution in [2.24, 2.45) is 5.92 Å². The van der Waals surface area contributed by atoms with Gasteiger partial charge >= 0.3 is 0 Å². The fraction of sp³-hybridized carbons (Fsp3) is 0.350. The van der Waals surface area contributed by atoms with Gasteiger partial charge in [-0.3, -0.25) is 9.59 Å². The normalized spacial score (nSPS) is 21.0. The monoisotopic (exact) mass is 367 g/mol. The Morgan fingerprint density at radius 1 is 1.12 bits per heavy atom. The molecule has 2 aliphatic heterocycles. The number of carbonyl (C=O) groups is 1. The molecule has 4 rings (SSSR count). The minimum Gasteiger partial charge on any atom is -0.348 e. The number of aromatic nitrogens is 1. The van der Waals surface area contributed by atoms with Crippen LogP contribution < -0.4 is 10.9 Å². The van der Waals surface area contributed by atoms with Crippen LogP contribution in [-0.4, -0.2) is 33.5 Å². The van der Waals surface area contributed by atoms with Gasteiger partial charge < -0.3 is 14.8 Å². The molecule has 0 radical (unpaired) electrons. The van der Waals surface area contributed by atoms with Gasteiger partial charge in [-0.15, -0.1) is 0 Å². The molecule has 0 unspecified atom stereocenters. The van der Waals surface area contributed by atoms with E-state index in [0.717, 1.165) is 37.4 Å². The predicted octanol–water partition coefficient (Wildman–Crippen LogP) is 2.87. The number of hydrogen-bond donors (Lipinski definition) is 1. The molecule has 5 nitrogen and oxygen atoms in total. The molecule has 1 saturated heterocycles. The molecule has 1 aromatic heterocycles.